The molecule has 0 saturated heterocycles. The topological polar surface area (TPSA) is 52.0 Å². The molecule has 1 saturated carbocycles. The summed E-state index contributed by atoms with van der Waals surface area (Å²) < 4.78 is 5.09. The number of oxazole rings is 1. The fourth-order valence-electron chi connectivity index (χ4n) is 1.38. The van der Waals surface area contributed by atoms with Gasteiger partial charge in [-0.1, -0.05) is 6.92 Å². The lowest BCUT2D eigenvalue weighted by Gasteiger charge is -2.02. The summed E-state index contributed by atoms with van der Waals surface area (Å²) in [5.74, 6) is 1.25. The molecule has 2 unspecified atom stereocenters. The van der Waals surface area contributed by atoms with E-state index in [0.29, 0.717) is 11.8 Å². The first-order chi connectivity index (χ1) is 5.13. The van der Waals surface area contributed by atoms with Gasteiger partial charge in [-0.2, -0.15) is 0 Å². The Morgan fingerprint density at radius 2 is 2.45 bits per heavy atom. The first kappa shape index (κ1) is 6.85. The summed E-state index contributed by atoms with van der Waals surface area (Å²) in [7, 11) is 0. The lowest BCUT2D eigenvalue weighted by Crippen LogP contribution is -2.21. The van der Waals surface area contributed by atoms with E-state index in [1.54, 1.807) is 6.26 Å². The molecule has 0 amide bonds. The Hall–Kier alpha value is -0.830. The number of nitrogens with zero attached hydrogens (tertiary/aromatic N) is 1. The molecule has 1 aliphatic rings. The molecule has 0 spiro atoms. The van der Waals surface area contributed by atoms with Crippen LogP contribution in [0.5, 0.6) is 0 Å². The summed E-state index contributed by atoms with van der Waals surface area (Å²) in [6, 6.07) is 0. The molecule has 3 heteroatoms. The summed E-state index contributed by atoms with van der Waals surface area (Å²) in [4.78, 5) is 4.20. The van der Waals surface area contributed by atoms with Crippen LogP contribution in [0.4, 0.5) is 0 Å². The van der Waals surface area contributed by atoms with Gasteiger partial charge in [0.2, 0.25) is 0 Å². The van der Waals surface area contributed by atoms with Crippen LogP contribution < -0.4 is 5.73 Å². The van der Waals surface area contributed by atoms with Crippen molar-refractivity contribution in [2.75, 3.05) is 0 Å². The van der Waals surface area contributed by atoms with Gasteiger partial charge in [-0.05, 0) is 12.3 Å². The molecule has 0 aromatic carbocycles. The molecule has 2 rings (SSSR count). The average Bonchev–Trinajstić information content (AvgIpc) is 2.44. The van der Waals surface area contributed by atoms with Gasteiger partial charge in [0, 0.05) is 6.92 Å². The monoisotopic (exact) mass is 152 g/mol. The van der Waals surface area contributed by atoms with E-state index in [4.69, 9.17) is 10.2 Å². The second kappa shape index (κ2) is 1.85. The molecule has 1 aliphatic carbocycles. The highest BCUT2D eigenvalue weighted by molar-refractivity contribution is 5.22. The van der Waals surface area contributed by atoms with E-state index in [1.807, 2.05) is 6.92 Å². The van der Waals surface area contributed by atoms with Crippen molar-refractivity contribution in [1.29, 1.82) is 0 Å². The quantitative estimate of drug-likeness (QED) is 0.657. The van der Waals surface area contributed by atoms with Gasteiger partial charge in [-0.25, -0.2) is 4.98 Å². The molecular weight excluding hydrogens is 140 g/mol. The van der Waals surface area contributed by atoms with Crippen molar-refractivity contribution in [3.8, 4) is 0 Å². The van der Waals surface area contributed by atoms with Crippen LogP contribution in [0.25, 0.3) is 0 Å². The van der Waals surface area contributed by atoms with Crippen LogP contribution in [0.3, 0.4) is 0 Å². The fourth-order valence-corrected chi connectivity index (χ4v) is 1.38. The third kappa shape index (κ3) is 0.878. The molecular formula is C8H12N2O. The zero-order valence-electron chi connectivity index (χ0n) is 6.79. The maximum absolute atomic E-state index is 6.00. The van der Waals surface area contributed by atoms with E-state index in [1.165, 1.54) is 0 Å². The van der Waals surface area contributed by atoms with Gasteiger partial charge >= 0.3 is 0 Å². The number of rotatable bonds is 1. The van der Waals surface area contributed by atoms with Gasteiger partial charge in [0.1, 0.15) is 6.26 Å². The Morgan fingerprint density at radius 1 is 1.82 bits per heavy atom. The molecule has 1 aromatic rings. The molecule has 11 heavy (non-hydrogen) atoms. The van der Waals surface area contributed by atoms with Gasteiger partial charge < -0.3 is 10.2 Å². The smallest absolute Gasteiger partial charge is 0.191 e. The van der Waals surface area contributed by atoms with Gasteiger partial charge in [0.05, 0.1) is 11.2 Å². The molecule has 3 nitrogen and oxygen atoms in total. The van der Waals surface area contributed by atoms with E-state index in [0.717, 1.165) is 12.1 Å². The Balaban J connectivity index is 2.31. The van der Waals surface area contributed by atoms with Crippen LogP contribution in [0, 0.1) is 12.8 Å². The normalized spacial score (nSPS) is 35.7. The maximum Gasteiger partial charge on any atom is 0.191 e. The Bertz CT molecular complexity index is 281. The van der Waals surface area contributed by atoms with Gasteiger partial charge in [0.15, 0.2) is 5.89 Å². The van der Waals surface area contributed by atoms with Crippen molar-refractivity contribution < 1.29 is 4.42 Å². The van der Waals surface area contributed by atoms with Crippen molar-refractivity contribution in [3.63, 3.8) is 0 Å². The number of hydrogen-bond donors (Lipinski definition) is 1. The van der Waals surface area contributed by atoms with Gasteiger partial charge in [-0.15, -0.1) is 0 Å². The van der Waals surface area contributed by atoms with E-state index < -0.39 is 0 Å². The van der Waals surface area contributed by atoms with Crippen molar-refractivity contribution in [2.24, 2.45) is 11.7 Å². The minimum atomic E-state index is -0.183. The van der Waals surface area contributed by atoms with Crippen molar-refractivity contribution in [2.45, 2.75) is 25.8 Å². The van der Waals surface area contributed by atoms with Gasteiger partial charge in [0.25, 0.3) is 0 Å². The third-order valence-electron chi connectivity index (χ3n) is 2.46. The minimum absolute atomic E-state index is 0.183. The standard InChI is InChI=1S/C8H12N2O/c1-5-3-8(5,9)7-4-11-6(2)10-7/h4-5H,3,9H2,1-2H3. The molecule has 2 atom stereocenters. The third-order valence-corrected chi connectivity index (χ3v) is 2.46. The number of aryl methyl sites for hydroxylation is 1. The number of nitrogens with two attached hydrogens (primary N) is 1. The molecule has 1 heterocycles. The van der Waals surface area contributed by atoms with E-state index >= 15 is 0 Å². The van der Waals surface area contributed by atoms with Gasteiger partial charge in [-0.3, -0.25) is 0 Å². The fraction of sp³-hybridized carbons (Fsp3) is 0.625. The van der Waals surface area contributed by atoms with Crippen molar-refractivity contribution in [1.82, 2.24) is 4.98 Å². The average molecular weight is 152 g/mol. The summed E-state index contributed by atoms with van der Waals surface area (Å²) in [5.41, 5.74) is 6.72. The Morgan fingerprint density at radius 3 is 2.82 bits per heavy atom. The van der Waals surface area contributed by atoms with Crippen LogP contribution in [0.1, 0.15) is 24.9 Å². The maximum atomic E-state index is 6.00. The summed E-state index contributed by atoms with van der Waals surface area (Å²) in [6.07, 6.45) is 2.69. The highest BCUT2D eigenvalue weighted by atomic mass is 16.3. The zero-order valence-corrected chi connectivity index (χ0v) is 6.79. The lowest BCUT2D eigenvalue weighted by atomic mass is 10.2. The largest absolute Gasteiger partial charge is 0.449 e. The zero-order chi connectivity index (χ0) is 8.06. The summed E-state index contributed by atoms with van der Waals surface area (Å²) in [5, 5.41) is 0. The van der Waals surface area contributed by atoms with E-state index in [9.17, 15) is 0 Å². The SMILES string of the molecule is Cc1nc(C2(N)CC2C)co1. The molecule has 0 aliphatic heterocycles. The summed E-state index contributed by atoms with van der Waals surface area (Å²) in [6.45, 7) is 3.96. The molecule has 2 N–H and O–H groups in total. The molecule has 60 valence electrons. The van der Waals surface area contributed by atoms with Crippen LogP contribution >= 0.6 is 0 Å². The Labute approximate surface area is 65.6 Å². The second-order valence-electron chi connectivity index (χ2n) is 3.40. The molecule has 1 aromatic heterocycles. The number of hydrogen-bond acceptors (Lipinski definition) is 3. The van der Waals surface area contributed by atoms with Crippen molar-refractivity contribution >= 4 is 0 Å². The first-order valence-electron chi connectivity index (χ1n) is 3.84. The van der Waals surface area contributed by atoms with Crippen LogP contribution in [-0.4, -0.2) is 4.98 Å². The number of aromatic nitrogens is 1. The van der Waals surface area contributed by atoms with Crippen LogP contribution in [0.2, 0.25) is 0 Å². The molecule has 0 radical (unpaired) electrons. The lowest BCUT2D eigenvalue weighted by molar-refractivity contribution is 0.518. The van der Waals surface area contributed by atoms with E-state index in [-0.39, 0.29) is 5.54 Å². The first-order valence-corrected chi connectivity index (χ1v) is 3.84. The molecule has 1 fully saturated rings. The van der Waals surface area contributed by atoms with Crippen molar-refractivity contribution in [3.05, 3.63) is 17.8 Å². The second-order valence-corrected chi connectivity index (χ2v) is 3.40. The highest BCUT2D eigenvalue weighted by Crippen LogP contribution is 2.48. The van der Waals surface area contributed by atoms with Crippen LogP contribution in [0.15, 0.2) is 10.7 Å². The van der Waals surface area contributed by atoms with Crippen LogP contribution in [-0.2, 0) is 5.54 Å². The minimum Gasteiger partial charge on any atom is -0.449 e. The Kier molecular flexibility index (Phi) is 1.16. The summed E-state index contributed by atoms with van der Waals surface area (Å²) >= 11 is 0. The molecule has 0 bridgehead atoms. The van der Waals surface area contributed by atoms with E-state index in [2.05, 4.69) is 11.9 Å². The predicted molar refractivity (Wildman–Crippen MR) is 40.9 cm³/mol. The highest BCUT2D eigenvalue weighted by Gasteiger charge is 2.51. The predicted octanol–water partition coefficient (Wildman–Crippen LogP) is 1.18.